The van der Waals surface area contributed by atoms with E-state index >= 15 is 0 Å². The normalized spacial score (nSPS) is 15.1. The molecule has 0 aliphatic heterocycles. The number of nitrogens with two attached hydrogens (primary N) is 1. The first-order valence-electron chi connectivity index (χ1n) is 6.82. The molecule has 1 fully saturated rings. The highest BCUT2D eigenvalue weighted by molar-refractivity contribution is 9.10. The van der Waals surface area contributed by atoms with E-state index < -0.39 is 0 Å². The van der Waals surface area contributed by atoms with E-state index in [0.29, 0.717) is 17.0 Å². The van der Waals surface area contributed by atoms with Crippen molar-refractivity contribution in [2.45, 2.75) is 38.6 Å². The molecule has 3 nitrogen and oxygen atoms in total. The second-order valence-corrected chi connectivity index (χ2v) is 6.91. The maximum atomic E-state index is 6.35. The second-order valence-electron chi connectivity index (χ2n) is 5.58. The van der Waals surface area contributed by atoms with Crippen molar-refractivity contribution in [3.8, 4) is 11.3 Å². The molecule has 0 spiro atoms. The Morgan fingerprint density at radius 1 is 1.40 bits per heavy atom. The highest BCUT2D eigenvalue weighted by atomic mass is 79.9. The second kappa shape index (κ2) is 5.08. The third-order valence-electron chi connectivity index (χ3n) is 3.59. The first kappa shape index (κ1) is 14.0. The number of hydrogen-bond acceptors (Lipinski definition) is 2. The van der Waals surface area contributed by atoms with Gasteiger partial charge >= 0.3 is 0 Å². The number of halogens is 2. The molecule has 0 amide bonds. The molecule has 106 valence electrons. The highest BCUT2D eigenvalue weighted by Gasteiger charge is 2.31. The summed E-state index contributed by atoms with van der Waals surface area (Å²) < 4.78 is 3.15. The topological polar surface area (TPSA) is 43.8 Å². The zero-order chi connectivity index (χ0) is 14.4. The molecule has 0 radical (unpaired) electrons. The molecule has 3 rings (SSSR count). The van der Waals surface area contributed by atoms with Gasteiger partial charge in [0.1, 0.15) is 17.3 Å². The van der Waals surface area contributed by atoms with Gasteiger partial charge in [-0.05, 0) is 25.0 Å². The van der Waals surface area contributed by atoms with Crippen LogP contribution in [0.1, 0.15) is 44.5 Å². The molecule has 2 aromatic rings. The average Bonchev–Trinajstić information content (AvgIpc) is 3.14. The standard InChI is InChI=1S/C15H17BrClN3/c1-8(2)15-19-13(14(18)20(15)10-4-5-10)11-6-3-9(16)7-12(11)17/h3,6-8,10H,4-5,18H2,1-2H3. The number of aromatic nitrogens is 2. The van der Waals surface area contributed by atoms with E-state index in [1.54, 1.807) is 0 Å². The summed E-state index contributed by atoms with van der Waals surface area (Å²) in [6.07, 6.45) is 2.38. The van der Waals surface area contributed by atoms with Crippen LogP contribution < -0.4 is 5.73 Å². The van der Waals surface area contributed by atoms with Crippen LogP contribution in [-0.4, -0.2) is 9.55 Å². The predicted molar refractivity (Wildman–Crippen MR) is 87.1 cm³/mol. The fraction of sp³-hybridized carbons (Fsp3) is 0.400. The monoisotopic (exact) mass is 353 g/mol. The third kappa shape index (κ3) is 2.35. The van der Waals surface area contributed by atoms with Crippen molar-refractivity contribution in [3.05, 3.63) is 33.5 Å². The summed E-state index contributed by atoms with van der Waals surface area (Å²) in [5, 5.41) is 0.668. The molecule has 1 aromatic heterocycles. The van der Waals surface area contributed by atoms with E-state index in [-0.39, 0.29) is 0 Å². The summed E-state index contributed by atoms with van der Waals surface area (Å²) in [5.74, 6) is 2.14. The number of anilines is 1. The van der Waals surface area contributed by atoms with Crippen LogP contribution in [0, 0.1) is 0 Å². The lowest BCUT2D eigenvalue weighted by Gasteiger charge is -2.10. The Morgan fingerprint density at radius 3 is 2.65 bits per heavy atom. The Kier molecular flexibility index (Phi) is 3.55. The molecular weight excluding hydrogens is 338 g/mol. The van der Waals surface area contributed by atoms with Crippen LogP contribution in [0.3, 0.4) is 0 Å². The van der Waals surface area contributed by atoms with Crippen molar-refractivity contribution >= 4 is 33.3 Å². The number of nitrogens with zero attached hydrogens (tertiary/aromatic N) is 2. The largest absolute Gasteiger partial charge is 0.383 e. The molecule has 1 aliphatic carbocycles. The van der Waals surface area contributed by atoms with Gasteiger partial charge < -0.3 is 10.3 Å². The molecule has 2 N–H and O–H groups in total. The summed E-state index contributed by atoms with van der Waals surface area (Å²) in [5.41, 5.74) is 8.05. The van der Waals surface area contributed by atoms with Crippen LogP contribution in [0.25, 0.3) is 11.3 Å². The predicted octanol–water partition coefficient (Wildman–Crippen LogP) is 5.01. The van der Waals surface area contributed by atoms with Crippen LogP contribution in [0.15, 0.2) is 22.7 Å². The first-order chi connectivity index (χ1) is 9.49. The van der Waals surface area contributed by atoms with Gasteiger partial charge in [0.05, 0.1) is 5.02 Å². The maximum absolute atomic E-state index is 6.35. The van der Waals surface area contributed by atoms with Gasteiger partial charge in [-0.2, -0.15) is 0 Å². The zero-order valence-electron chi connectivity index (χ0n) is 11.5. The summed E-state index contributed by atoms with van der Waals surface area (Å²) >= 11 is 9.76. The molecule has 1 aliphatic rings. The Hall–Kier alpha value is -1.00. The van der Waals surface area contributed by atoms with Crippen molar-refractivity contribution in [1.29, 1.82) is 0 Å². The molecule has 1 heterocycles. The van der Waals surface area contributed by atoms with E-state index in [4.69, 9.17) is 22.3 Å². The number of imidazole rings is 1. The summed E-state index contributed by atoms with van der Waals surface area (Å²) in [4.78, 5) is 4.77. The van der Waals surface area contributed by atoms with E-state index in [2.05, 4.69) is 34.3 Å². The van der Waals surface area contributed by atoms with Gasteiger partial charge in [-0.15, -0.1) is 0 Å². The Morgan fingerprint density at radius 2 is 2.10 bits per heavy atom. The van der Waals surface area contributed by atoms with Crippen molar-refractivity contribution in [2.24, 2.45) is 0 Å². The number of hydrogen-bond donors (Lipinski definition) is 1. The van der Waals surface area contributed by atoms with Crippen LogP contribution in [0.2, 0.25) is 5.02 Å². The van der Waals surface area contributed by atoms with E-state index in [1.165, 1.54) is 12.8 Å². The Balaban J connectivity index is 2.16. The third-order valence-corrected chi connectivity index (χ3v) is 4.40. The van der Waals surface area contributed by atoms with Gasteiger partial charge in [0.15, 0.2) is 0 Å². The molecule has 0 unspecified atom stereocenters. The maximum Gasteiger partial charge on any atom is 0.132 e. The molecule has 0 bridgehead atoms. The molecule has 20 heavy (non-hydrogen) atoms. The van der Waals surface area contributed by atoms with Gasteiger partial charge in [0, 0.05) is 22.0 Å². The smallest absolute Gasteiger partial charge is 0.132 e. The SMILES string of the molecule is CC(C)c1nc(-c2ccc(Br)cc2Cl)c(N)n1C1CC1. The Bertz CT molecular complexity index is 659. The van der Waals surface area contributed by atoms with Crippen molar-refractivity contribution in [2.75, 3.05) is 5.73 Å². The molecule has 5 heteroatoms. The number of rotatable bonds is 3. The minimum Gasteiger partial charge on any atom is -0.383 e. The summed E-state index contributed by atoms with van der Waals surface area (Å²) in [7, 11) is 0. The fourth-order valence-electron chi connectivity index (χ4n) is 2.47. The van der Waals surface area contributed by atoms with E-state index in [9.17, 15) is 0 Å². The fourth-order valence-corrected chi connectivity index (χ4v) is 3.23. The van der Waals surface area contributed by atoms with Gasteiger partial charge in [-0.25, -0.2) is 4.98 Å². The molecule has 0 atom stereocenters. The van der Waals surface area contributed by atoms with Gasteiger partial charge in [0.25, 0.3) is 0 Å². The van der Waals surface area contributed by atoms with Crippen molar-refractivity contribution in [1.82, 2.24) is 9.55 Å². The zero-order valence-corrected chi connectivity index (χ0v) is 13.9. The first-order valence-corrected chi connectivity index (χ1v) is 7.99. The quantitative estimate of drug-likeness (QED) is 0.842. The van der Waals surface area contributed by atoms with Gasteiger partial charge in [-0.3, -0.25) is 0 Å². The molecular formula is C15H17BrClN3. The molecule has 0 saturated heterocycles. The van der Waals surface area contributed by atoms with Crippen LogP contribution in [0.5, 0.6) is 0 Å². The highest BCUT2D eigenvalue weighted by Crippen LogP contribution is 2.43. The lowest BCUT2D eigenvalue weighted by Crippen LogP contribution is -2.06. The number of benzene rings is 1. The van der Waals surface area contributed by atoms with Crippen LogP contribution >= 0.6 is 27.5 Å². The Labute approximate surface area is 132 Å². The minimum absolute atomic E-state index is 0.348. The van der Waals surface area contributed by atoms with Gasteiger partial charge in [-0.1, -0.05) is 47.4 Å². The van der Waals surface area contributed by atoms with E-state index in [0.717, 1.165) is 27.4 Å². The number of nitrogen functional groups attached to an aromatic ring is 1. The van der Waals surface area contributed by atoms with Gasteiger partial charge in [0.2, 0.25) is 0 Å². The van der Waals surface area contributed by atoms with Crippen molar-refractivity contribution < 1.29 is 0 Å². The summed E-state index contributed by atoms with van der Waals surface area (Å²) in [6, 6.07) is 6.32. The lowest BCUT2D eigenvalue weighted by atomic mass is 10.1. The molecule has 1 saturated carbocycles. The average molecular weight is 355 g/mol. The molecule has 1 aromatic carbocycles. The summed E-state index contributed by atoms with van der Waals surface area (Å²) in [6.45, 7) is 4.29. The van der Waals surface area contributed by atoms with Crippen LogP contribution in [0.4, 0.5) is 5.82 Å². The minimum atomic E-state index is 0.348. The van der Waals surface area contributed by atoms with Crippen LogP contribution in [-0.2, 0) is 0 Å². The lowest BCUT2D eigenvalue weighted by molar-refractivity contribution is 0.646. The van der Waals surface area contributed by atoms with Crippen molar-refractivity contribution in [3.63, 3.8) is 0 Å². The van der Waals surface area contributed by atoms with E-state index in [1.807, 2.05) is 18.2 Å².